The Hall–Kier alpha value is -1.94. The van der Waals surface area contributed by atoms with E-state index < -0.39 is 97.5 Å². The fourth-order valence-corrected chi connectivity index (χ4v) is 11.1. The van der Waals surface area contributed by atoms with Gasteiger partial charge in [0.15, 0.2) is 12.2 Å². The molecule has 0 radical (unpaired) electrons. The summed E-state index contributed by atoms with van der Waals surface area (Å²) in [6.07, 6.45) is 39.3. The van der Waals surface area contributed by atoms with E-state index in [1.54, 1.807) is 0 Å². The molecule has 0 aliphatic carbocycles. The van der Waals surface area contributed by atoms with Crippen LogP contribution in [-0.2, 0) is 65.4 Å². The van der Waals surface area contributed by atoms with Crippen LogP contribution in [0.5, 0.6) is 0 Å². The number of carbonyl (C=O) groups is 4. The Balaban J connectivity index is 5.12. The quantitative estimate of drug-likeness (QED) is 0.0222. The van der Waals surface area contributed by atoms with E-state index in [0.29, 0.717) is 25.7 Å². The van der Waals surface area contributed by atoms with E-state index in [-0.39, 0.29) is 25.7 Å². The van der Waals surface area contributed by atoms with Gasteiger partial charge in [-0.05, 0) is 37.5 Å². The van der Waals surface area contributed by atoms with E-state index in [9.17, 15) is 43.2 Å². The van der Waals surface area contributed by atoms with Crippen molar-refractivity contribution in [1.82, 2.24) is 0 Å². The Morgan fingerprint density at radius 3 is 0.916 bits per heavy atom. The van der Waals surface area contributed by atoms with Crippen molar-refractivity contribution in [3.63, 3.8) is 0 Å². The van der Waals surface area contributed by atoms with Gasteiger partial charge in [-0.3, -0.25) is 37.3 Å². The first-order chi connectivity index (χ1) is 39.9. The first-order valence-corrected chi connectivity index (χ1v) is 36.5. The van der Waals surface area contributed by atoms with E-state index in [1.165, 1.54) is 103 Å². The van der Waals surface area contributed by atoms with Crippen LogP contribution in [0.1, 0.15) is 318 Å². The summed E-state index contributed by atoms with van der Waals surface area (Å²) in [5, 5.41) is 10.5. The molecular weight excluding hydrogens is 1100 g/mol. The third-order valence-electron chi connectivity index (χ3n) is 15.1. The number of ether oxygens (including phenoxy) is 4. The van der Waals surface area contributed by atoms with Crippen LogP contribution in [0.15, 0.2) is 0 Å². The summed E-state index contributed by atoms with van der Waals surface area (Å²) in [6, 6.07) is 0. The maximum Gasteiger partial charge on any atom is 0.472 e. The Bertz CT molecular complexity index is 1630. The van der Waals surface area contributed by atoms with Gasteiger partial charge < -0.3 is 33.8 Å². The molecule has 0 saturated heterocycles. The van der Waals surface area contributed by atoms with Crippen molar-refractivity contribution in [2.75, 3.05) is 39.6 Å². The lowest BCUT2D eigenvalue weighted by Crippen LogP contribution is -2.30. The molecule has 0 spiro atoms. The van der Waals surface area contributed by atoms with Crippen molar-refractivity contribution in [2.24, 2.45) is 11.8 Å². The molecule has 19 heteroatoms. The van der Waals surface area contributed by atoms with E-state index in [2.05, 4.69) is 41.5 Å². The minimum atomic E-state index is -4.94. The zero-order chi connectivity index (χ0) is 61.5. The van der Waals surface area contributed by atoms with Gasteiger partial charge in [-0.25, -0.2) is 9.13 Å². The molecule has 0 heterocycles. The molecule has 3 unspecified atom stereocenters. The molecule has 0 fully saturated rings. The second-order valence-corrected chi connectivity index (χ2v) is 26.8. The molecule has 492 valence electrons. The van der Waals surface area contributed by atoms with Crippen LogP contribution in [0.2, 0.25) is 0 Å². The molecule has 6 atom stereocenters. The number of phosphoric acid groups is 2. The number of esters is 4. The minimum Gasteiger partial charge on any atom is -0.462 e. The van der Waals surface area contributed by atoms with Crippen LogP contribution in [0.4, 0.5) is 0 Å². The minimum absolute atomic E-state index is 0.103. The van der Waals surface area contributed by atoms with Crippen molar-refractivity contribution < 1.29 is 80.2 Å². The van der Waals surface area contributed by atoms with Gasteiger partial charge in [-0.1, -0.05) is 266 Å². The maximum absolute atomic E-state index is 13.0. The number of phosphoric ester groups is 2. The van der Waals surface area contributed by atoms with Gasteiger partial charge in [0.05, 0.1) is 26.4 Å². The molecule has 0 aromatic heterocycles. The van der Waals surface area contributed by atoms with E-state index in [0.717, 1.165) is 134 Å². The van der Waals surface area contributed by atoms with Crippen LogP contribution in [0, 0.1) is 11.8 Å². The summed E-state index contributed by atoms with van der Waals surface area (Å²) in [4.78, 5) is 71.9. The van der Waals surface area contributed by atoms with E-state index in [1.807, 2.05) is 0 Å². The van der Waals surface area contributed by atoms with E-state index >= 15 is 0 Å². The zero-order valence-corrected chi connectivity index (χ0v) is 55.3. The number of aliphatic hydroxyl groups excluding tert-OH is 1. The average molecular weight is 1230 g/mol. The molecule has 0 amide bonds. The fraction of sp³-hybridized carbons (Fsp3) is 0.938. The first-order valence-electron chi connectivity index (χ1n) is 33.5. The lowest BCUT2D eigenvalue weighted by atomic mass is 10.00. The second kappa shape index (κ2) is 56.6. The highest BCUT2D eigenvalue weighted by Crippen LogP contribution is 2.45. The second-order valence-electron chi connectivity index (χ2n) is 23.9. The molecule has 0 aliphatic heterocycles. The molecule has 0 aromatic rings. The van der Waals surface area contributed by atoms with Crippen LogP contribution in [0.25, 0.3) is 0 Å². The van der Waals surface area contributed by atoms with Gasteiger partial charge in [0.25, 0.3) is 0 Å². The standard InChI is InChI=1S/C64H124O17P2/c1-7-10-12-14-26-34-40-46-61(66)74-52-59(80-63(68)48-42-36-27-15-13-11-8-2)54-78-82(70,71)76-50-58(65)51-77-83(72,73)79-55-60(53-75-62(67)47-41-35-31-30-33-39-45-57(6)9-3)81-64(69)49-43-37-29-25-23-21-19-17-16-18-20-22-24-28-32-38-44-56(4)5/h56-60,65H,7-55H2,1-6H3,(H,70,71)(H,72,73)/t57?,58-,59+,60+/m0/s1. The first kappa shape index (κ1) is 81.1. The summed E-state index contributed by atoms with van der Waals surface area (Å²) >= 11 is 0. The molecule has 83 heavy (non-hydrogen) atoms. The topological polar surface area (TPSA) is 237 Å². The maximum atomic E-state index is 13.0. The molecule has 0 rings (SSSR count). The van der Waals surface area contributed by atoms with Gasteiger partial charge >= 0.3 is 39.5 Å². The fourth-order valence-electron chi connectivity index (χ4n) is 9.50. The molecule has 0 aliphatic rings. The van der Waals surface area contributed by atoms with E-state index in [4.69, 9.17) is 37.0 Å². The number of carbonyl (C=O) groups excluding carboxylic acids is 4. The van der Waals surface area contributed by atoms with Crippen molar-refractivity contribution in [1.29, 1.82) is 0 Å². The van der Waals surface area contributed by atoms with Crippen molar-refractivity contribution in [3.8, 4) is 0 Å². The van der Waals surface area contributed by atoms with Crippen LogP contribution in [0.3, 0.4) is 0 Å². The molecule has 0 aromatic carbocycles. The molecule has 0 bridgehead atoms. The Kier molecular flexibility index (Phi) is 55.2. The number of unbranched alkanes of at least 4 members (excludes halogenated alkanes) is 32. The molecule has 3 N–H and O–H groups in total. The summed E-state index contributed by atoms with van der Waals surface area (Å²) < 4.78 is 67.8. The van der Waals surface area contributed by atoms with Crippen molar-refractivity contribution in [2.45, 2.75) is 336 Å². The lowest BCUT2D eigenvalue weighted by molar-refractivity contribution is -0.161. The highest BCUT2D eigenvalue weighted by atomic mass is 31.2. The Labute approximate surface area is 505 Å². The normalized spacial score (nSPS) is 14.6. The summed E-state index contributed by atoms with van der Waals surface area (Å²) in [6.45, 7) is 9.40. The third kappa shape index (κ3) is 57.6. The predicted octanol–water partition coefficient (Wildman–Crippen LogP) is 17.7. The number of hydrogen-bond acceptors (Lipinski definition) is 15. The molecule has 17 nitrogen and oxygen atoms in total. The van der Waals surface area contributed by atoms with Gasteiger partial charge in [0.2, 0.25) is 0 Å². The highest BCUT2D eigenvalue weighted by Gasteiger charge is 2.30. The third-order valence-corrected chi connectivity index (χ3v) is 17.0. The summed E-state index contributed by atoms with van der Waals surface area (Å²) in [5.74, 6) is -0.604. The molecular formula is C64H124O17P2. The SMILES string of the molecule is CCCCCCCCCC(=O)OC[C@H](COP(=O)(O)OC[C@H](O)COP(=O)(O)OC[C@@H](COC(=O)CCCCCCCCC(C)CC)OC(=O)CCCCCCCCCCCCCCCCCCC(C)C)OC(=O)CCCCCCCCC. The Morgan fingerprint density at radius 1 is 0.349 bits per heavy atom. The van der Waals surface area contributed by atoms with Crippen molar-refractivity contribution >= 4 is 39.5 Å². The predicted molar refractivity (Wildman–Crippen MR) is 331 cm³/mol. The van der Waals surface area contributed by atoms with Gasteiger partial charge in [-0.2, -0.15) is 0 Å². The summed E-state index contributed by atoms with van der Waals surface area (Å²) in [5.41, 5.74) is 0. The highest BCUT2D eigenvalue weighted by molar-refractivity contribution is 7.47. The lowest BCUT2D eigenvalue weighted by Gasteiger charge is -2.21. The largest absolute Gasteiger partial charge is 0.472 e. The Morgan fingerprint density at radius 2 is 0.614 bits per heavy atom. The number of aliphatic hydroxyl groups is 1. The smallest absolute Gasteiger partial charge is 0.462 e. The van der Waals surface area contributed by atoms with Crippen LogP contribution in [-0.4, -0.2) is 96.7 Å². The number of rotatable bonds is 63. The molecule has 0 saturated carbocycles. The monoisotopic (exact) mass is 1230 g/mol. The summed E-state index contributed by atoms with van der Waals surface area (Å²) in [7, 11) is -9.88. The zero-order valence-electron chi connectivity index (χ0n) is 53.5. The average Bonchev–Trinajstić information content (AvgIpc) is 3.45. The number of hydrogen-bond donors (Lipinski definition) is 3. The van der Waals surface area contributed by atoms with Crippen LogP contribution >= 0.6 is 15.6 Å². The van der Waals surface area contributed by atoms with Gasteiger partial charge in [-0.15, -0.1) is 0 Å². The van der Waals surface area contributed by atoms with Crippen LogP contribution < -0.4 is 0 Å². The van der Waals surface area contributed by atoms with Gasteiger partial charge in [0.1, 0.15) is 19.3 Å². The van der Waals surface area contributed by atoms with Gasteiger partial charge in [0, 0.05) is 25.7 Å². The van der Waals surface area contributed by atoms with Crippen molar-refractivity contribution in [3.05, 3.63) is 0 Å².